The fourth-order valence-electron chi connectivity index (χ4n) is 0.872. The summed E-state index contributed by atoms with van der Waals surface area (Å²) in [5.74, 6) is 0.895. The molecular formula is C9H14BrN3. The topological polar surface area (TPSA) is 29.0 Å². The van der Waals surface area contributed by atoms with Crippen LogP contribution in [0.4, 0.5) is 5.82 Å². The number of aromatic nitrogens is 2. The summed E-state index contributed by atoms with van der Waals surface area (Å²) in [6, 6.07) is 3.85. The van der Waals surface area contributed by atoms with E-state index in [1.54, 1.807) is 6.20 Å². The Balaban J connectivity index is 2.85. The van der Waals surface area contributed by atoms with E-state index in [0.717, 1.165) is 11.1 Å². The first-order valence-corrected chi connectivity index (χ1v) is 5.27. The molecule has 0 N–H and O–H groups in total. The highest BCUT2D eigenvalue weighted by Gasteiger charge is 2.22. The minimum absolute atomic E-state index is 0.0516. The van der Waals surface area contributed by atoms with Gasteiger partial charge in [0, 0.05) is 24.1 Å². The van der Waals surface area contributed by atoms with Crippen molar-refractivity contribution < 1.29 is 0 Å². The highest BCUT2D eigenvalue weighted by Crippen LogP contribution is 2.20. The molecule has 0 unspecified atom stereocenters. The Morgan fingerprint density at radius 3 is 2.69 bits per heavy atom. The first-order valence-electron chi connectivity index (χ1n) is 4.15. The van der Waals surface area contributed by atoms with Crippen LogP contribution in [-0.4, -0.2) is 28.1 Å². The van der Waals surface area contributed by atoms with Crippen LogP contribution in [0.5, 0.6) is 0 Å². The molecular weight excluding hydrogens is 230 g/mol. The van der Waals surface area contributed by atoms with Gasteiger partial charge >= 0.3 is 0 Å². The molecule has 0 spiro atoms. The zero-order chi connectivity index (χ0) is 9.90. The van der Waals surface area contributed by atoms with E-state index in [2.05, 4.69) is 44.9 Å². The molecule has 72 valence electrons. The monoisotopic (exact) mass is 243 g/mol. The molecule has 0 aliphatic carbocycles. The van der Waals surface area contributed by atoms with Crippen LogP contribution in [-0.2, 0) is 0 Å². The van der Waals surface area contributed by atoms with Crippen molar-refractivity contribution in [3.8, 4) is 0 Å². The first-order chi connectivity index (χ1) is 6.08. The number of hydrogen-bond acceptors (Lipinski definition) is 3. The molecule has 0 saturated heterocycles. The van der Waals surface area contributed by atoms with Crippen molar-refractivity contribution >= 4 is 21.7 Å². The second-order valence-electron chi connectivity index (χ2n) is 3.59. The Morgan fingerprint density at radius 2 is 2.23 bits per heavy atom. The van der Waals surface area contributed by atoms with E-state index >= 15 is 0 Å². The molecule has 0 aliphatic rings. The van der Waals surface area contributed by atoms with E-state index in [0.29, 0.717) is 0 Å². The lowest BCUT2D eigenvalue weighted by atomic mass is 10.1. The van der Waals surface area contributed by atoms with Crippen LogP contribution >= 0.6 is 15.9 Å². The first kappa shape index (κ1) is 10.4. The maximum atomic E-state index is 4.05. The maximum absolute atomic E-state index is 4.05. The zero-order valence-corrected chi connectivity index (χ0v) is 9.74. The average molecular weight is 244 g/mol. The number of alkyl halides is 1. The van der Waals surface area contributed by atoms with Gasteiger partial charge in [-0.2, -0.15) is 5.10 Å². The third-order valence-electron chi connectivity index (χ3n) is 2.14. The summed E-state index contributed by atoms with van der Waals surface area (Å²) >= 11 is 3.48. The lowest BCUT2D eigenvalue weighted by Gasteiger charge is -2.34. The van der Waals surface area contributed by atoms with Crippen molar-refractivity contribution in [2.45, 2.75) is 19.4 Å². The molecule has 0 atom stereocenters. The van der Waals surface area contributed by atoms with Gasteiger partial charge in [-0.15, -0.1) is 5.10 Å². The number of hydrogen-bond donors (Lipinski definition) is 0. The van der Waals surface area contributed by atoms with Gasteiger partial charge in [-0.05, 0) is 26.0 Å². The van der Waals surface area contributed by atoms with E-state index in [1.807, 2.05) is 19.2 Å². The molecule has 0 aromatic carbocycles. The van der Waals surface area contributed by atoms with Gasteiger partial charge < -0.3 is 4.90 Å². The quantitative estimate of drug-likeness (QED) is 0.762. The predicted molar refractivity (Wildman–Crippen MR) is 58.3 cm³/mol. The van der Waals surface area contributed by atoms with Crippen LogP contribution in [0.1, 0.15) is 13.8 Å². The van der Waals surface area contributed by atoms with Crippen molar-refractivity contribution in [1.29, 1.82) is 0 Å². The van der Waals surface area contributed by atoms with E-state index < -0.39 is 0 Å². The van der Waals surface area contributed by atoms with Crippen molar-refractivity contribution in [3.63, 3.8) is 0 Å². The maximum Gasteiger partial charge on any atom is 0.151 e. The number of anilines is 1. The molecule has 13 heavy (non-hydrogen) atoms. The van der Waals surface area contributed by atoms with E-state index in [4.69, 9.17) is 0 Å². The van der Waals surface area contributed by atoms with Gasteiger partial charge in [-0.1, -0.05) is 15.9 Å². The van der Waals surface area contributed by atoms with Gasteiger partial charge in [0.25, 0.3) is 0 Å². The predicted octanol–water partition coefficient (Wildman–Crippen LogP) is 2.09. The van der Waals surface area contributed by atoms with E-state index in [1.165, 1.54) is 0 Å². The van der Waals surface area contributed by atoms with Crippen LogP contribution in [0.25, 0.3) is 0 Å². The third kappa shape index (κ3) is 2.40. The molecule has 0 amide bonds. The molecule has 1 aromatic heterocycles. The Kier molecular flexibility index (Phi) is 3.25. The summed E-state index contributed by atoms with van der Waals surface area (Å²) in [6.45, 7) is 4.30. The fourth-order valence-corrected chi connectivity index (χ4v) is 1.25. The van der Waals surface area contributed by atoms with Gasteiger partial charge in [-0.25, -0.2) is 0 Å². The molecule has 0 radical (unpaired) electrons. The van der Waals surface area contributed by atoms with Crippen LogP contribution in [0, 0.1) is 0 Å². The Morgan fingerprint density at radius 1 is 1.54 bits per heavy atom. The van der Waals surface area contributed by atoms with Crippen LogP contribution in [0.15, 0.2) is 18.3 Å². The Bertz CT molecular complexity index is 261. The molecule has 3 nitrogen and oxygen atoms in total. The summed E-state index contributed by atoms with van der Waals surface area (Å²) in [5, 5.41) is 8.79. The van der Waals surface area contributed by atoms with Crippen LogP contribution in [0.3, 0.4) is 0 Å². The molecule has 1 heterocycles. The Hall–Kier alpha value is -0.640. The van der Waals surface area contributed by atoms with Crippen LogP contribution in [0.2, 0.25) is 0 Å². The SMILES string of the molecule is CN(c1cccnn1)C(C)(C)CBr. The summed E-state index contributed by atoms with van der Waals surface area (Å²) in [5.41, 5.74) is 0.0516. The van der Waals surface area contributed by atoms with E-state index in [-0.39, 0.29) is 5.54 Å². The summed E-state index contributed by atoms with van der Waals surface area (Å²) in [4.78, 5) is 2.11. The third-order valence-corrected chi connectivity index (χ3v) is 3.51. The van der Waals surface area contributed by atoms with Crippen molar-refractivity contribution in [2.75, 3.05) is 17.3 Å². The Labute approximate surface area is 87.3 Å². The van der Waals surface area contributed by atoms with Gasteiger partial charge in [0.05, 0.1) is 0 Å². The summed E-state index contributed by atoms with van der Waals surface area (Å²) in [7, 11) is 2.02. The second kappa shape index (κ2) is 4.05. The van der Waals surface area contributed by atoms with Gasteiger partial charge in [0.1, 0.15) is 0 Å². The van der Waals surface area contributed by atoms with Gasteiger partial charge in [-0.3, -0.25) is 0 Å². The van der Waals surface area contributed by atoms with Crippen molar-refractivity contribution in [2.24, 2.45) is 0 Å². The van der Waals surface area contributed by atoms with Crippen LogP contribution < -0.4 is 4.90 Å². The summed E-state index contributed by atoms with van der Waals surface area (Å²) in [6.07, 6.45) is 1.68. The number of rotatable bonds is 3. The normalized spacial score (nSPS) is 11.4. The molecule has 0 saturated carbocycles. The molecule has 1 rings (SSSR count). The molecule has 0 fully saturated rings. The van der Waals surface area contributed by atoms with Gasteiger partial charge in [0.2, 0.25) is 0 Å². The molecule has 4 heteroatoms. The molecule has 1 aromatic rings. The minimum Gasteiger partial charge on any atom is -0.352 e. The number of halogens is 1. The second-order valence-corrected chi connectivity index (χ2v) is 4.15. The average Bonchev–Trinajstić information content (AvgIpc) is 2.18. The highest BCUT2D eigenvalue weighted by atomic mass is 79.9. The fraction of sp³-hybridized carbons (Fsp3) is 0.556. The standard InChI is InChI=1S/C9H14BrN3/c1-9(2,7-10)13(3)8-5-4-6-11-12-8/h4-6H,7H2,1-3H3. The van der Waals surface area contributed by atoms with E-state index in [9.17, 15) is 0 Å². The van der Waals surface area contributed by atoms with Gasteiger partial charge in [0.15, 0.2) is 5.82 Å². The highest BCUT2D eigenvalue weighted by molar-refractivity contribution is 9.09. The van der Waals surface area contributed by atoms with Crippen molar-refractivity contribution in [3.05, 3.63) is 18.3 Å². The molecule has 0 bridgehead atoms. The smallest absolute Gasteiger partial charge is 0.151 e. The minimum atomic E-state index is 0.0516. The largest absolute Gasteiger partial charge is 0.352 e. The van der Waals surface area contributed by atoms with Crippen molar-refractivity contribution in [1.82, 2.24) is 10.2 Å². The lowest BCUT2D eigenvalue weighted by Crippen LogP contribution is -2.43. The number of nitrogens with zero attached hydrogens (tertiary/aromatic N) is 3. The zero-order valence-electron chi connectivity index (χ0n) is 8.16. The summed E-state index contributed by atoms with van der Waals surface area (Å²) < 4.78 is 0. The molecule has 0 aliphatic heterocycles. The lowest BCUT2D eigenvalue weighted by molar-refractivity contribution is 0.544.